The summed E-state index contributed by atoms with van der Waals surface area (Å²) in [6.07, 6.45) is 4.74. The molecule has 1 aromatic carbocycles. The number of hydrogen-bond donors (Lipinski definition) is 1. The van der Waals surface area contributed by atoms with Gasteiger partial charge in [0.05, 0.1) is 25.3 Å². The summed E-state index contributed by atoms with van der Waals surface area (Å²) in [5, 5.41) is 7.68. The molecule has 7 nitrogen and oxygen atoms in total. The summed E-state index contributed by atoms with van der Waals surface area (Å²) >= 11 is 0. The van der Waals surface area contributed by atoms with Crippen molar-refractivity contribution >= 4 is 5.91 Å². The maximum Gasteiger partial charge on any atom is 0.227 e. The number of aromatic nitrogens is 2. The zero-order valence-electron chi connectivity index (χ0n) is 17.5. The number of carbonyl (C=O) groups is 1. The summed E-state index contributed by atoms with van der Waals surface area (Å²) < 4.78 is 13.3. The third-order valence-corrected chi connectivity index (χ3v) is 5.87. The van der Waals surface area contributed by atoms with Crippen LogP contribution in [0.25, 0.3) is 0 Å². The van der Waals surface area contributed by atoms with Gasteiger partial charge in [-0.1, -0.05) is 0 Å². The van der Waals surface area contributed by atoms with Gasteiger partial charge in [-0.25, -0.2) is 0 Å². The summed E-state index contributed by atoms with van der Waals surface area (Å²) in [5.41, 5.74) is 3.53. The second kappa shape index (κ2) is 8.45. The van der Waals surface area contributed by atoms with Crippen molar-refractivity contribution in [2.75, 3.05) is 32.8 Å². The molecule has 4 rings (SSSR count). The van der Waals surface area contributed by atoms with Crippen LogP contribution >= 0.6 is 0 Å². The van der Waals surface area contributed by atoms with Crippen molar-refractivity contribution in [2.45, 2.75) is 32.7 Å². The van der Waals surface area contributed by atoms with E-state index in [2.05, 4.69) is 22.5 Å². The Morgan fingerprint density at radius 2 is 1.90 bits per heavy atom. The summed E-state index contributed by atoms with van der Waals surface area (Å²) in [6.45, 7) is 8.03. The lowest BCUT2D eigenvalue weighted by Crippen LogP contribution is -2.41. The van der Waals surface area contributed by atoms with E-state index in [4.69, 9.17) is 9.47 Å². The third kappa shape index (κ3) is 3.96. The smallest absolute Gasteiger partial charge is 0.227 e. The van der Waals surface area contributed by atoms with Crippen LogP contribution in [0, 0.1) is 5.92 Å². The molecule has 0 bridgehead atoms. The van der Waals surface area contributed by atoms with Crippen LogP contribution in [0.1, 0.15) is 36.5 Å². The predicted octanol–water partition coefficient (Wildman–Crippen LogP) is 2.11. The minimum absolute atomic E-state index is 0.0465. The van der Waals surface area contributed by atoms with E-state index in [9.17, 15) is 4.79 Å². The molecule has 2 aliphatic heterocycles. The SMILES string of the molecule is CCOc1cc2c(cc1OCC)CN(C(=O)[C@H]1CNC[C@@H]1c1cnn(C)c1)CC2. The Balaban J connectivity index is 1.53. The number of aryl methyl sites for hydroxylation is 1. The first-order valence-corrected chi connectivity index (χ1v) is 10.5. The number of benzene rings is 1. The van der Waals surface area contributed by atoms with E-state index in [1.54, 1.807) is 4.68 Å². The highest BCUT2D eigenvalue weighted by Gasteiger charge is 2.38. The Bertz CT molecular complexity index is 879. The van der Waals surface area contributed by atoms with Gasteiger partial charge in [-0.15, -0.1) is 0 Å². The molecule has 1 fully saturated rings. The molecule has 1 saturated heterocycles. The molecule has 1 amide bonds. The second-order valence-corrected chi connectivity index (χ2v) is 7.76. The van der Waals surface area contributed by atoms with E-state index in [1.165, 1.54) is 5.56 Å². The van der Waals surface area contributed by atoms with Crippen molar-refractivity contribution < 1.29 is 14.3 Å². The summed E-state index contributed by atoms with van der Waals surface area (Å²) in [7, 11) is 1.91. The predicted molar refractivity (Wildman–Crippen MR) is 110 cm³/mol. The van der Waals surface area contributed by atoms with Crippen molar-refractivity contribution in [1.29, 1.82) is 0 Å². The Morgan fingerprint density at radius 1 is 1.17 bits per heavy atom. The largest absolute Gasteiger partial charge is 0.490 e. The summed E-state index contributed by atoms with van der Waals surface area (Å²) in [4.78, 5) is 15.4. The molecule has 2 aliphatic rings. The van der Waals surface area contributed by atoms with Gasteiger partial charge in [0, 0.05) is 45.3 Å². The molecule has 7 heteroatoms. The van der Waals surface area contributed by atoms with E-state index in [0.717, 1.165) is 48.7 Å². The molecular formula is C22H30N4O3. The highest BCUT2D eigenvalue weighted by molar-refractivity contribution is 5.81. The van der Waals surface area contributed by atoms with Crippen molar-refractivity contribution in [3.8, 4) is 11.5 Å². The number of rotatable bonds is 6. The maximum absolute atomic E-state index is 13.4. The Labute approximate surface area is 172 Å². The Kier molecular flexibility index (Phi) is 5.76. The lowest BCUT2D eigenvalue weighted by molar-refractivity contribution is -0.136. The fraction of sp³-hybridized carbons (Fsp3) is 0.545. The van der Waals surface area contributed by atoms with Gasteiger partial charge in [-0.2, -0.15) is 5.10 Å². The molecule has 0 unspecified atom stereocenters. The fourth-order valence-corrected chi connectivity index (χ4v) is 4.44. The highest BCUT2D eigenvalue weighted by Crippen LogP contribution is 2.35. The average Bonchev–Trinajstić information content (AvgIpc) is 3.36. The van der Waals surface area contributed by atoms with Crippen LogP contribution in [-0.2, 0) is 24.8 Å². The van der Waals surface area contributed by atoms with Gasteiger partial charge in [-0.3, -0.25) is 9.48 Å². The third-order valence-electron chi connectivity index (χ3n) is 5.87. The van der Waals surface area contributed by atoms with Crippen molar-refractivity contribution in [1.82, 2.24) is 20.0 Å². The summed E-state index contributed by atoms with van der Waals surface area (Å²) in [5.74, 6) is 1.91. The Morgan fingerprint density at radius 3 is 2.55 bits per heavy atom. The molecule has 0 spiro atoms. The van der Waals surface area contributed by atoms with Gasteiger partial charge < -0.3 is 19.7 Å². The molecule has 1 aromatic heterocycles. The minimum atomic E-state index is -0.0465. The number of nitrogens with one attached hydrogen (secondary N) is 1. The average molecular weight is 399 g/mol. The zero-order valence-corrected chi connectivity index (χ0v) is 17.5. The van der Waals surface area contributed by atoms with Crippen LogP contribution < -0.4 is 14.8 Å². The zero-order chi connectivity index (χ0) is 20.4. The Hall–Kier alpha value is -2.54. The lowest BCUT2D eigenvalue weighted by atomic mass is 9.88. The first kappa shape index (κ1) is 19.8. The van der Waals surface area contributed by atoms with Gasteiger partial charge in [0.15, 0.2) is 11.5 Å². The topological polar surface area (TPSA) is 68.6 Å². The van der Waals surface area contributed by atoms with Crippen LogP contribution in [0.4, 0.5) is 0 Å². The van der Waals surface area contributed by atoms with Gasteiger partial charge in [-0.05, 0) is 49.1 Å². The second-order valence-electron chi connectivity index (χ2n) is 7.76. The molecule has 156 valence electrons. The molecule has 2 atom stereocenters. The normalized spacial score (nSPS) is 21.1. The fourth-order valence-electron chi connectivity index (χ4n) is 4.44. The molecule has 3 heterocycles. The van der Waals surface area contributed by atoms with Crippen LogP contribution in [0.3, 0.4) is 0 Å². The van der Waals surface area contributed by atoms with Crippen LogP contribution in [-0.4, -0.2) is 53.4 Å². The van der Waals surface area contributed by atoms with Crippen molar-refractivity contribution in [3.05, 3.63) is 41.2 Å². The molecule has 0 aliphatic carbocycles. The van der Waals surface area contributed by atoms with Crippen molar-refractivity contribution in [3.63, 3.8) is 0 Å². The van der Waals surface area contributed by atoms with E-state index in [1.807, 2.05) is 38.2 Å². The number of carbonyl (C=O) groups excluding carboxylic acids is 1. The molecule has 1 N–H and O–H groups in total. The number of hydrogen-bond acceptors (Lipinski definition) is 5. The van der Waals surface area contributed by atoms with Gasteiger partial charge in [0.25, 0.3) is 0 Å². The van der Waals surface area contributed by atoms with E-state index >= 15 is 0 Å². The van der Waals surface area contributed by atoms with E-state index in [0.29, 0.717) is 19.8 Å². The standard InChI is InChI=1S/C22H30N4O3/c1-4-28-20-8-15-6-7-26(14-16(15)9-21(20)29-5-2)22(27)19-12-23-11-18(19)17-10-24-25(3)13-17/h8-10,13,18-19,23H,4-7,11-12,14H2,1-3H3/t18-,19+/m1/s1. The number of nitrogens with zero attached hydrogens (tertiary/aromatic N) is 3. The quantitative estimate of drug-likeness (QED) is 0.807. The molecule has 29 heavy (non-hydrogen) atoms. The first-order valence-electron chi connectivity index (χ1n) is 10.5. The van der Waals surface area contributed by atoms with Crippen molar-refractivity contribution in [2.24, 2.45) is 13.0 Å². The highest BCUT2D eigenvalue weighted by atomic mass is 16.5. The lowest BCUT2D eigenvalue weighted by Gasteiger charge is -2.32. The van der Waals surface area contributed by atoms with E-state index in [-0.39, 0.29) is 17.7 Å². The van der Waals surface area contributed by atoms with Gasteiger partial charge in [0.1, 0.15) is 0 Å². The van der Waals surface area contributed by atoms with Crippen LogP contribution in [0.2, 0.25) is 0 Å². The number of amides is 1. The monoisotopic (exact) mass is 398 g/mol. The van der Waals surface area contributed by atoms with E-state index < -0.39 is 0 Å². The minimum Gasteiger partial charge on any atom is -0.490 e. The number of ether oxygens (including phenoxy) is 2. The maximum atomic E-state index is 13.4. The number of fused-ring (bicyclic) bond motifs is 1. The molecular weight excluding hydrogens is 368 g/mol. The summed E-state index contributed by atoms with van der Waals surface area (Å²) in [6, 6.07) is 4.13. The molecule has 0 radical (unpaired) electrons. The first-order chi connectivity index (χ1) is 14.1. The molecule has 0 saturated carbocycles. The van der Waals surface area contributed by atoms with Gasteiger partial charge in [0.2, 0.25) is 5.91 Å². The van der Waals surface area contributed by atoms with Gasteiger partial charge >= 0.3 is 0 Å². The van der Waals surface area contributed by atoms with Crippen LogP contribution in [0.5, 0.6) is 11.5 Å². The molecule has 2 aromatic rings. The van der Waals surface area contributed by atoms with Crippen LogP contribution in [0.15, 0.2) is 24.5 Å².